The lowest BCUT2D eigenvalue weighted by Gasteiger charge is -2.32. The molecule has 2 fully saturated rings. The summed E-state index contributed by atoms with van der Waals surface area (Å²) in [6.07, 6.45) is 2.61. The number of piperidine rings is 1. The van der Waals surface area contributed by atoms with E-state index in [0.29, 0.717) is 35.8 Å². The molecule has 2 aliphatic rings. The molecule has 2 saturated heterocycles. The van der Waals surface area contributed by atoms with Gasteiger partial charge in [0.15, 0.2) is 22.9 Å². The molecule has 1 atom stereocenters. The van der Waals surface area contributed by atoms with Gasteiger partial charge in [-0.05, 0) is 55.7 Å². The number of aromatic carboxylic acids is 1. The number of hydrogen-bond acceptors (Lipinski definition) is 9. The SMILES string of the molecule is N#Cc1ccc(OCc2cccc(OC3CCN(Cc4nc5ccc(C(=O)O)nc5n4C[C@@H]4CCO4)CC3)n2)c(F)c1. The summed E-state index contributed by atoms with van der Waals surface area (Å²) in [5.74, 6) is -0.288. The highest BCUT2D eigenvalue weighted by Crippen LogP contribution is 2.24. The Morgan fingerprint density at radius 1 is 1.12 bits per heavy atom. The zero-order valence-electron chi connectivity index (χ0n) is 22.8. The van der Waals surface area contributed by atoms with Crippen molar-refractivity contribution in [1.29, 1.82) is 5.26 Å². The number of aromatic nitrogens is 4. The van der Waals surface area contributed by atoms with Gasteiger partial charge in [0, 0.05) is 25.8 Å². The summed E-state index contributed by atoms with van der Waals surface area (Å²) >= 11 is 0. The molecule has 0 saturated carbocycles. The number of rotatable bonds is 10. The number of ether oxygens (including phenoxy) is 3. The van der Waals surface area contributed by atoms with Gasteiger partial charge in [-0.25, -0.2) is 24.1 Å². The van der Waals surface area contributed by atoms with Crippen molar-refractivity contribution in [2.24, 2.45) is 0 Å². The van der Waals surface area contributed by atoms with Crippen molar-refractivity contribution in [2.75, 3.05) is 19.7 Å². The highest BCUT2D eigenvalue weighted by Gasteiger charge is 2.26. The molecule has 0 radical (unpaired) electrons. The van der Waals surface area contributed by atoms with Gasteiger partial charge in [-0.2, -0.15) is 5.26 Å². The van der Waals surface area contributed by atoms with E-state index in [-0.39, 0.29) is 35.8 Å². The molecular formula is C30H29FN6O5. The number of fused-ring (bicyclic) bond motifs is 1. The Hall–Kier alpha value is -4.60. The molecule has 0 spiro atoms. The Bertz CT molecular complexity index is 1640. The summed E-state index contributed by atoms with van der Waals surface area (Å²) < 4.78 is 33.5. The first-order valence-corrected chi connectivity index (χ1v) is 13.8. The fourth-order valence-electron chi connectivity index (χ4n) is 5.11. The van der Waals surface area contributed by atoms with Crippen LogP contribution in [0.5, 0.6) is 11.6 Å². The summed E-state index contributed by atoms with van der Waals surface area (Å²) in [6.45, 7) is 3.58. The quantitative estimate of drug-likeness (QED) is 0.298. The van der Waals surface area contributed by atoms with E-state index in [2.05, 4.69) is 14.9 Å². The van der Waals surface area contributed by atoms with E-state index in [4.69, 9.17) is 24.5 Å². The molecule has 6 rings (SSSR count). The molecule has 5 heterocycles. The van der Waals surface area contributed by atoms with Crippen LogP contribution in [0.25, 0.3) is 11.2 Å². The molecule has 12 heteroatoms. The minimum absolute atomic E-state index is 0.00616. The maximum Gasteiger partial charge on any atom is 0.354 e. The Morgan fingerprint density at radius 3 is 2.67 bits per heavy atom. The van der Waals surface area contributed by atoms with E-state index in [1.54, 1.807) is 18.2 Å². The van der Waals surface area contributed by atoms with Gasteiger partial charge in [0.1, 0.15) is 24.1 Å². The van der Waals surface area contributed by atoms with Crippen molar-refractivity contribution in [3.8, 4) is 17.7 Å². The molecule has 0 bridgehead atoms. The van der Waals surface area contributed by atoms with Gasteiger partial charge < -0.3 is 23.9 Å². The number of nitriles is 1. The van der Waals surface area contributed by atoms with Crippen molar-refractivity contribution in [3.63, 3.8) is 0 Å². The number of nitrogens with zero attached hydrogens (tertiary/aromatic N) is 6. The van der Waals surface area contributed by atoms with Crippen LogP contribution < -0.4 is 9.47 Å². The smallest absolute Gasteiger partial charge is 0.354 e. The third-order valence-electron chi connectivity index (χ3n) is 7.47. The van der Waals surface area contributed by atoms with Gasteiger partial charge in [0.25, 0.3) is 0 Å². The molecule has 11 nitrogen and oxygen atoms in total. The van der Waals surface area contributed by atoms with Crippen LogP contribution in [-0.4, -0.2) is 67.4 Å². The van der Waals surface area contributed by atoms with Crippen LogP contribution in [0.4, 0.5) is 4.39 Å². The van der Waals surface area contributed by atoms with E-state index >= 15 is 0 Å². The normalized spacial score (nSPS) is 17.5. The zero-order valence-corrected chi connectivity index (χ0v) is 22.8. The van der Waals surface area contributed by atoms with Gasteiger partial charge in [-0.3, -0.25) is 4.90 Å². The highest BCUT2D eigenvalue weighted by molar-refractivity contribution is 5.88. The third kappa shape index (κ3) is 6.17. The average molecular weight is 573 g/mol. The van der Waals surface area contributed by atoms with Crippen LogP contribution in [-0.2, 0) is 24.4 Å². The van der Waals surface area contributed by atoms with Crippen LogP contribution in [0.3, 0.4) is 0 Å². The van der Waals surface area contributed by atoms with Crippen LogP contribution >= 0.6 is 0 Å². The van der Waals surface area contributed by atoms with Gasteiger partial charge in [0.2, 0.25) is 5.88 Å². The molecule has 0 aliphatic carbocycles. The molecule has 3 aromatic heterocycles. The fraction of sp³-hybridized carbons (Fsp3) is 0.367. The predicted octanol–water partition coefficient (Wildman–Crippen LogP) is 3.95. The number of pyridine rings is 2. The standard InChI is InChI=1S/C30H29FN6O5/c31-23-14-19(15-32)4-7-26(23)41-18-20-2-1-3-28(33-20)42-21-8-11-36(12-9-21)17-27-34-24-5-6-25(30(38)39)35-29(24)37(27)16-22-10-13-40-22/h1-7,14,21-22H,8-13,16-18H2,(H,38,39)/t22-/m0/s1. The van der Waals surface area contributed by atoms with E-state index in [9.17, 15) is 14.3 Å². The topological polar surface area (TPSA) is 136 Å². The molecular weight excluding hydrogens is 543 g/mol. The molecule has 216 valence electrons. The molecule has 0 unspecified atom stereocenters. The number of carboxylic acid groups (broad SMARTS) is 1. The summed E-state index contributed by atoms with van der Waals surface area (Å²) in [5.41, 5.74) is 2.06. The fourth-order valence-corrected chi connectivity index (χ4v) is 5.11. The lowest BCUT2D eigenvalue weighted by atomic mass is 10.1. The Labute approximate surface area is 241 Å². The maximum absolute atomic E-state index is 14.1. The lowest BCUT2D eigenvalue weighted by molar-refractivity contribution is -0.0593. The summed E-state index contributed by atoms with van der Waals surface area (Å²) in [7, 11) is 0. The summed E-state index contributed by atoms with van der Waals surface area (Å²) in [6, 6.07) is 14.6. The lowest BCUT2D eigenvalue weighted by Crippen LogP contribution is -2.39. The molecule has 4 aromatic rings. The number of carbonyl (C=O) groups is 1. The molecule has 2 aliphatic heterocycles. The van der Waals surface area contributed by atoms with Crippen molar-refractivity contribution >= 4 is 17.1 Å². The maximum atomic E-state index is 14.1. The summed E-state index contributed by atoms with van der Waals surface area (Å²) in [4.78, 5) is 27.5. The number of likely N-dealkylation sites (tertiary alicyclic amines) is 1. The van der Waals surface area contributed by atoms with E-state index in [1.165, 1.54) is 18.2 Å². The first-order valence-electron chi connectivity index (χ1n) is 13.8. The Morgan fingerprint density at radius 2 is 1.95 bits per heavy atom. The van der Waals surface area contributed by atoms with Crippen molar-refractivity contribution in [2.45, 2.75) is 51.2 Å². The van der Waals surface area contributed by atoms with Gasteiger partial charge in [-0.15, -0.1) is 0 Å². The monoisotopic (exact) mass is 572 g/mol. The number of benzene rings is 1. The minimum Gasteiger partial charge on any atom is -0.484 e. The van der Waals surface area contributed by atoms with Crippen LogP contribution in [0.2, 0.25) is 0 Å². The second-order valence-electron chi connectivity index (χ2n) is 10.4. The number of imidazole rings is 1. The van der Waals surface area contributed by atoms with Gasteiger partial charge >= 0.3 is 5.97 Å². The second-order valence-corrected chi connectivity index (χ2v) is 10.4. The molecule has 1 aromatic carbocycles. The van der Waals surface area contributed by atoms with Crippen molar-refractivity contribution in [3.05, 3.63) is 77.1 Å². The molecule has 1 N–H and O–H groups in total. The van der Waals surface area contributed by atoms with E-state index < -0.39 is 11.8 Å². The number of halogens is 1. The third-order valence-corrected chi connectivity index (χ3v) is 7.47. The van der Waals surface area contributed by atoms with Crippen molar-refractivity contribution in [1.82, 2.24) is 24.4 Å². The largest absolute Gasteiger partial charge is 0.484 e. The average Bonchev–Trinajstić information content (AvgIpc) is 3.31. The first kappa shape index (κ1) is 27.6. The molecule has 42 heavy (non-hydrogen) atoms. The molecule has 0 amide bonds. The van der Waals surface area contributed by atoms with Crippen LogP contribution in [0, 0.1) is 17.1 Å². The first-order chi connectivity index (χ1) is 20.4. The minimum atomic E-state index is -1.07. The number of hydrogen-bond donors (Lipinski definition) is 1. The highest BCUT2D eigenvalue weighted by atomic mass is 19.1. The zero-order chi connectivity index (χ0) is 29.1. The predicted molar refractivity (Wildman–Crippen MR) is 147 cm³/mol. The Kier molecular flexibility index (Phi) is 7.94. The summed E-state index contributed by atoms with van der Waals surface area (Å²) in [5, 5.41) is 18.3. The second kappa shape index (κ2) is 12.1. The van der Waals surface area contributed by atoms with Crippen LogP contribution in [0.15, 0.2) is 48.5 Å². The van der Waals surface area contributed by atoms with Gasteiger partial charge in [0.05, 0.1) is 36.5 Å². The van der Waals surface area contributed by atoms with Crippen molar-refractivity contribution < 1.29 is 28.5 Å². The van der Waals surface area contributed by atoms with Crippen LogP contribution in [0.1, 0.15) is 46.8 Å². The van der Waals surface area contributed by atoms with E-state index in [0.717, 1.165) is 50.8 Å². The van der Waals surface area contributed by atoms with E-state index in [1.807, 2.05) is 16.7 Å². The van der Waals surface area contributed by atoms with Gasteiger partial charge in [-0.1, -0.05) is 6.07 Å². The Balaban J connectivity index is 1.06. The number of carboxylic acids is 1.